The minimum Gasteiger partial charge on any atom is -0.386 e. The number of hydrogen-bond acceptors (Lipinski definition) is 5. The van der Waals surface area contributed by atoms with E-state index in [1.54, 1.807) is 12.4 Å². The molecule has 1 saturated heterocycles. The number of aryl methyl sites for hydroxylation is 1. The first-order chi connectivity index (χ1) is 14.0. The fraction of sp³-hybridized carbons (Fsp3) is 0.364. The van der Waals surface area contributed by atoms with Crippen molar-refractivity contribution in [2.45, 2.75) is 38.3 Å². The van der Waals surface area contributed by atoms with Gasteiger partial charge in [-0.2, -0.15) is 0 Å². The summed E-state index contributed by atoms with van der Waals surface area (Å²) < 4.78 is 0. The minimum atomic E-state index is -0.609. The van der Waals surface area contributed by atoms with Crippen LogP contribution in [-0.4, -0.2) is 46.1 Å². The highest BCUT2D eigenvalue weighted by Crippen LogP contribution is 2.34. The van der Waals surface area contributed by atoms with Gasteiger partial charge in [-0.1, -0.05) is 22.9 Å². The molecule has 4 rings (SSSR count). The van der Waals surface area contributed by atoms with E-state index in [-0.39, 0.29) is 11.8 Å². The Kier molecular flexibility index (Phi) is 5.29. The third-order valence-corrected chi connectivity index (χ3v) is 5.43. The van der Waals surface area contributed by atoms with Crippen molar-refractivity contribution in [3.8, 4) is 0 Å². The van der Waals surface area contributed by atoms with E-state index in [1.165, 1.54) is 0 Å². The Bertz CT molecular complexity index is 927. The second-order valence-corrected chi connectivity index (χ2v) is 7.72. The molecule has 1 N–H and O–H groups in total. The predicted molar refractivity (Wildman–Crippen MR) is 108 cm³/mol. The van der Waals surface area contributed by atoms with Gasteiger partial charge in [0.1, 0.15) is 5.71 Å². The van der Waals surface area contributed by atoms with Crippen LogP contribution in [0, 0.1) is 6.92 Å². The monoisotopic (exact) mass is 392 g/mol. The molecule has 0 radical (unpaired) electrons. The van der Waals surface area contributed by atoms with E-state index >= 15 is 0 Å². The number of hydrogen-bond donors (Lipinski definition) is 1. The van der Waals surface area contributed by atoms with E-state index in [0.29, 0.717) is 37.3 Å². The molecule has 2 aliphatic rings. The van der Waals surface area contributed by atoms with E-state index in [2.05, 4.69) is 15.5 Å². The van der Waals surface area contributed by atoms with Gasteiger partial charge < -0.3 is 15.1 Å². The number of nitrogens with zero attached hydrogens (tertiary/aromatic N) is 3. The molecule has 2 aromatic rings. The molecule has 7 nitrogen and oxygen atoms in total. The van der Waals surface area contributed by atoms with Crippen LogP contribution >= 0.6 is 0 Å². The first kappa shape index (κ1) is 19.1. The van der Waals surface area contributed by atoms with Crippen LogP contribution in [0.2, 0.25) is 0 Å². The van der Waals surface area contributed by atoms with Gasteiger partial charge >= 0.3 is 0 Å². The Morgan fingerprint density at radius 2 is 1.93 bits per heavy atom. The molecule has 29 heavy (non-hydrogen) atoms. The Morgan fingerprint density at radius 1 is 1.17 bits per heavy atom. The lowest BCUT2D eigenvalue weighted by Gasteiger charge is -2.38. The maximum absolute atomic E-state index is 12.9. The summed E-state index contributed by atoms with van der Waals surface area (Å²) in [6.07, 6.45) is 5.38. The molecule has 0 unspecified atom stereocenters. The molecule has 1 fully saturated rings. The zero-order valence-corrected chi connectivity index (χ0v) is 16.4. The number of nitrogens with one attached hydrogen (secondary N) is 1. The minimum absolute atomic E-state index is 0.0109. The second-order valence-electron chi connectivity index (χ2n) is 7.72. The summed E-state index contributed by atoms with van der Waals surface area (Å²) in [4.78, 5) is 36.9. The Labute approximate surface area is 169 Å². The topological polar surface area (TPSA) is 83.9 Å². The lowest BCUT2D eigenvalue weighted by molar-refractivity contribution is -0.115. The molecular formula is C22H24N4O3. The molecule has 0 saturated carbocycles. The van der Waals surface area contributed by atoms with Gasteiger partial charge in [-0.15, -0.1) is 0 Å². The molecule has 3 heterocycles. The van der Waals surface area contributed by atoms with Crippen LogP contribution in [0.3, 0.4) is 0 Å². The number of oxime groups is 1. The molecule has 2 aliphatic heterocycles. The third kappa shape index (κ3) is 4.29. The second kappa shape index (κ2) is 8.03. The number of amides is 2. The normalized spacial score (nSPS) is 20.9. The highest BCUT2D eigenvalue weighted by Gasteiger charge is 2.45. The number of pyridine rings is 1. The van der Waals surface area contributed by atoms with Crippen molar-refractivity contribution in [3.63, 3.8) is 0 Å². The standard InChI is InChI=1S/C22H24N4O3/c1-16-3-5-18(6-4-16)21(28)26-12-2-9-22(15-26)13-19(25-29-22)20(27)24-14-17-7-10-23-11-8-17/h3-8,10-11H,2,9,12-15H2,1H3,(H,24,27)/t22-/m0/s1. The highest BCUT2D eigenvalue weighted by atomic mass is 16.7. The van der Waals surface area contributed by atoms with Crippen LogP contribution in [-0.2, 0) is 16.2 Å². The molecule has 2 amide bonds. The van der Waals surface area contributed by atoms with Crippen molar-refractivity contribution < 1.29 is 14.4 Å². The maximum Gasteiger partial charge on any atom is 0.269 e. The summed E-state index contributed by atoms with van der Waals surface area (Å²) in [6.45, 7) is 3.52. The van der Waals surface area contributed by atoms with Crippen molar-refractivity contribution in [2.75, 3.05) is 13.1 Å². The van der Waals surface area contributed by atoms with Crippen LogP contribution in [0.15, 0.2) is 53.9 Å². The first-order valence-electron chi connectivity index (χ1n) is 9.83. The molecule has 1 atom stereocenters. The van der Waals surface area contributed by atoms with Gasteiger partial charge in [-0.25, -0.2) is 0 Å². The van der Waals surface area contributed by atoms with E-state index in [0.717, 1.165) is 24.0 Å². The third-order valence-electron chi connectivity index (χ3n) is 5.43. The van der Waals surface area contributed by atoms with Crippen molar-refractivity contribution >= 4 is 17.5 Å². The summed E-state index contributed by atoms with van der Waals surface area (Å²) in [5.74, 6) is -0.246. The SMILES string of the molecule is Cc1ccc(C(=O)N2CCC[C@]3(CC(C(=O)NCc4ccncc4)=NO3)C2)cc1. The van der Waals surface area contributed by atoms with Crippen LogP contribution in [0.5, 0.6) is 0 Å². The maximum atomic E-state index is 12.9. The number of likely N-dealkylation sites (tertiary alicyclic amines) is 1. The Hall–Kier alpha value is -3.22. The van der Waals surface area contributed by atoms with E-state index in [9.17, 15) is 9.59 Å². The smallest absolute Gasteiger partial charge is 0.269 e. The van der Waals surface area contributed by atoms with Crippen LogP contribution in [0.25, 0.3) is 0 Å². The lowest BCUT2D eigenvalue weighted by Crippen LogP contribution is -2.51. The quantitative estimate of drug-likeness (QED) is 0.866. The summed E-state index contributed by atoms with van der Waals surface area (Å²) in [7, 11) is 0. The average Bonchev–Trinajstić information content (AvgIpc) is 3.16. The Balaban J connectivity index is 1.36. The zero-order chi connectivity index (χ0) is 20.3. The lowest BCUT2D eigenvalue weighted by atomic mass is 9.87. The summed E-state index contributed by atoms with van der Waals surface area (Å²) >= 11 is 0. The number of carbonyl (C=O) groups excluding carboxylic acids is 2. The molecule has 0 bridgehead atoms. The first-order valence-corrected chi connectivity index (χ1v) is 9.83. The molecule has 1 aromatic carbocycles. The van der Waals surface area contributed by atoms with Crippen LogP contribution in [0.1, 0.15) is 40.7 Å². The van der Waals surface area contributed by atoms with E-state index in [1.807, 2.05) is 48.2 Å². The van der Waals surface area contributed by atoms with Gasteiger partial charge in [0.2, 0.25) is 0 Å². The van der Waals surface area contributed by atoms with Gasteiger partial charge in [-0.3, -0.25) is 14.6 Å². The van der Waals surface area contributed by atoms with Gasteiger partial charge in [-0.05, 0) is 49.6 Å². The largest absolute Gasteiger partial charge is 0.386 e. The molecule has 150 valence electrons. The van der Waals surface area contributed by atoms with E-state index in [4.69, 9.17) is 4.84 Å². The van der Waals surface area contributed by atoms with Crippen molar-refractivity contribution in [3.05, 3.63) is 65.5 Å². The summed E-state index contributed by atoms with van der Waals surface area (Å²) in [5.41, 5.74) is 2.52. The fourth-order valence-electron chi connectivity index (χ4n) is 3.80. The van der Waals surface area contributed by atoms with E-state index < -0.39 is 5.60 Å². The van der Waals surface area contributed by atoms with Gasteiger partial charge in [0.15, 0.2) is 5.60 Å². The number of benzene rings is 1. The van der Waals surface area contributed by atoms with Gasteiger partial charge in [0, 0.05) is 37.5 Å². The van der Waals surface area contributed by atoms with Gasteiger partial charge in [0.05, 0.1) is 6.54 Å². The summed E-state index contributed by atoms with van der Waals surface area (Å²) in [5, 5.41) is 6.93. The average molecular weight is 392 g/mol. The summed E-state index contributed by atoms with van der Waals surface area (Å²) in [6, 6.07) is 11.3. The number of piperidine rings is 1. The van der Waals surface area contributed by atoms with Gasteiger partial charge in [0.25, 0.3) is 11.8 Å². The zero-order valence-electron chi connectivity index (χ0n) is 16.4. The van der Waals surface area contributed by atoms with Crippen LogP contribution in [0.4, 0.5) is 0 Å². The van der Waals surface area contributed by atoms with Crippen LogP contribution < -0.4 is 5.32 Å². The molecule has 1 spiro atoms. The molecule has 7 heteroatoms. The fourth-order valence-corrected chi connectivity index (χ4v) is 3.80. The predicted octanol–water partition coefficient (Wildman–Crippen LogP) is 2.46. The molecular weight excluding hydrogens is 368 g/mol. The Morgan fingerprint density at radius 3 is 2.69 bits per heavy atom. The molecule has 1 aromatic heterocycles. The van der Waals surface area contributed by atoms with Crippen molar-refractivity contribution in [2.24, 2.45) is 5.16 Å². The number of carbonyl (C=O) groups is 2. The van der Waals surface area contributed by atoms with Crippen molar-refractivity contribution in [1.82, 2.24) is 15.2 Å². The molecule has 0 aliphatic carbocycles. The number of aromatic nitrogens is 1. The highest BCUT2D eigenvalue weighted by molar-refractivity contribution is 6.39. The number of rotatable bonds is 4. The van der Waals surface area contributed by atoms with Crippen molar-refractivity contribution in [1.29, 1.82) is 0 Å².